The van der Waals surface area contributed by atoms with Crippen molar-refractivity contribution >= 4 is 16.8 Å². The van der Waals surface area contributed by atoms with Crippen LogP contribution in [0.1, 0.15) is 16.1 Å². The van der Waals surface area contributed by atoms with Gasteiger partial charge in [0.2, 0.25) is 0 Å². The van der Waals surface area contributed by atoms with Gasteiger partial charge in [0.05, 0.1) is 0 Å². The molecule has 0 aliphatic carbocycles. The van der Waals surface area contributed by atoms with Crippen LogP contribution in [0.3, 0.4) is 0 Å². The quantitative estimate of drug-likeness (QED) is 0.733. The van der Waals surface area contributed by atoms with Gasteiger partial charge >= 0.3 is 0 Å². The standard InChI is InChI=1S/C10H7ClN2O2/c1-6-8(10(11)14)9(13-15-6)7-3-2-4-12-5-7/h2-5H,1H3. The first-order valence-corrected chi connectivity index (χ1v) is 4.64. The molecular formula is C10H7ClN2O2. The molecule has 0 spiro atoms. The summed E-state index contributed by atoms with van der Waals surface area (Å²) < 4.78 is 4.93. The van der Waals surface area contributed by atoms with E-state index >= 15 is 0 Å². The highest BCUT2D eigenvalue weighted by molar-refractivity contribution is 6.68. The van der Waals surface area contributed by atoms with Gasteiger partial charge in [0, 0.05) is 18.0 Å². The van der Waals surface area contributed by atoms with Crippen molar-refractivity contribution in [2.24, 2.45) is 0 Å². The minimum Gasteiger partial charge on any atom is -0.360 e. The number of hydrogen-bond donors (Lipinski definition) is 0. The molecule has 0 unspecified atom stereocenters. The molecule has 0 fully saturated rings. The second-order valence-electron chi connectivity index (χ2n) is 2.98. The Morgan fingerprint density at radius 3 is 2.93 bits per heavy atom. The molecule has 0 atom stereocenters. The molecule has 0 aliphatic heterocycles. The van der Waals surface area contributed by atoms with Crippen molar-refractivity contribution in [3.8, 4) is 11.3 Å². The number of carbonyl (C=O) groups excluding carboxylic acids is 1. The van der Waals surface area contributed by atoms with Crippen LogP contribution in [0.25, 0.3) is 11.3 Å². The summed E-state index contributed by atoms with van der Waals surface area (Å²) in [7, 11) is 0. The highest BCUT2D eigenvalue weighted by atomic mass is 35.5. The summed E-state index contributed by atoms with van der Waals surface area (Å²) in [5.41, 5.74) is 1.43. The molecule has 0 aliphatic rings. The molecule has 2 heterocycles. The van der Waals surface area contributed by atoms with Crippen molar-refractivity contribution in [3.63, 3.8) is 0 Å². The third-order valence-corrected chi connectivity index (χ3v) is 2.18. The topological polar surface area (TPSA) is 56.0 Å². The summed E-state index contributed by atoms with van der Waals surface area (Å²) in [5, 5.41) is 3.21. The monoisotopic (exact) mass is 222 g/mol. The first kappa shape index (κ1) is 9.86. The molecule has 0 bridgehead atoms. The molecule has 0 amide bonds. The van der Waals surface area contributed by atoms with E-state index in [2.05, 4.69) is 10.1 Å². The lowest BCUT2D eigenvalue weighted by atomic mass is 10.1. The van der Waals surface area contributed by atoms with Gasteiger partial charge in [-0.05, 0) is 30.7 Å². The molecule has 0 saturated heterocycles. The van der Waals surface area contributed by atoms with Gasteiger partial charge < -0.3 is 4.52 Å². The molecule has 2 aromatic heterocycles. The van der Waals surface area contributed by atoms with Crippen molar-refractivity contribution < 1.29 is 9.32 Å². The van der Waals surface area contributed by atoms with Crippen LogP contribution in [-0.2, 0) is 0 Å². The predicted octanol–water partition coefficient (Wildman–Crippen LogP) is 2.42. The van der Waals surface area contributed by atoms with E-state index in [9.17, 15) is 4.79 Å². The normalized spacial score (nSPS) is 10.3. The van der Waals surface area contributed by atoms with Gasteiger partial charge in [-0.25, -0.2) is 0 Å². The van der Waals surface area contributed by atoms with Gasteiger partial charge in [-0.15, -0.1) is 0 Å². The Kier molecular flexibility index (Phi) is 2.51. The summed E-state index contributed by atoms with van der Waals surface area (Å²) >= 11 is 5.45. The van der Waals surface area contributed by atoms with Gasteiger partial charge in [-0.1, -0.05) is 5.16 Å². The number of nitrogens with zero attached hydrogens (tertiary/aromatic N) is 2. The minimum absolute atomic E-state index is 0.296. The second-order valence-corrected chi connectivity index (χ2v) is 3.32. The summed E-state index contributed by atoms with van der Waals surface area (Å²) in [6.07, 6.45) is 3.24. The average Bonchev–Trinajstić information content (AvgIpc) is 2.61. The van der Waals surface area contributed by atoms with Gasteiger partial charge in [0.15, 0.2) is 0 Å². The fraction of sp³-hybridized carbons (Fsp3) is 0.100. The van der Waals surface area contributed by atoms with E-state index in [1.54, 1.807) is 31.5 Å². The van der Waals surface area contributed by atoms with Crippen molar-refractivity contribution in [3.05, 3.63) is 35.9 Å². The Morgan fingerprint density at radius 1 is 1.53 bits per heavy atom. The van der Waals surface area contributed by atoms with E-state index in [0.717, 1.165) is 0 Å². The maximum atomic E-state index is 11.2. The van der Waals surface area contributed by atoms with Crippen LogP contribution in [-0.4, -0.2) is 15.4 Å². The molecular weight excluding hydrogens is 216 g/mol. The average molecular weight is 223 g/mol. The lowest BCUT2D eigenvalue weighted by Gasteiger charge is -1.95. The lowest BCUT2D eigenvalue weighted by molar-refractivity contribution is 0.108. The number of carbonyl (C=O) groups is 1. The lowest BCUT2D eigenvalue weighted by Crippen LogP contribution is -1.93. The van der Waals surface area contributed by atoms with Gasteiger partial charge in [-0.2, -0.15) is 0 Å². The van der Waals surface area contributed by atoms with Crippen LogP contribution >= 0.6 is 11.6 Å². The van der Waals surface area contributed by atoms with Gasteiger partial charge in [-0.3, -0.25) is 9.78 Å². The highest BCUT2D eigenvalue weighted by Crippen LogP contribution is 2.25. The molecule has 2 aromatic rings. The highest BCUT2D eigenvalue weighted by Gasteiger charge is 2.19. The summed E-state index contributed by atoms with van der Waals surface area (Å²) in [4.78, 5) is 15.1. The smallest absolute Gasteiger partial charge is 0.258 e. The summed E-state index contributed by atoms with van der Waals surface area (Å²) in [5.74, 6) is 0.411. The maximum Gasteiger partial charge on any atom is 0.258 e. The van der Waals surface area contributed by atoms with Gasteiger partial charge in [0.1, 0.15) is 17.0 Å². The zero-order valence-electron chi connectivity index (χ0n) is 7.90. The predicted molar refractivity (Wildman–Crippen MR) is 54.7 cm³/mol. The first-order chi connectivity index (χ1) is 7.20. The second kappa shape index (κ2) is 3.82. The van der Waals surface area contributed by atoms with Crippen molar-refractivity contribution in [1.82, 2.24) is 10.1 Å². The van der Waals surface area contributed by atoms with Crippen molar-refractivity contribution in [2.75, 3.05) is 0 Å². The molecule has 2 rings (SSSR count). The fourth-order valence-corrected chi connectivity index (χ4v) is 1.53. The van der Waals surface area contributed by atoms with Crippen LogP contribution < -0.4 is 0 Å². The van der Waals surface area contributed by atoms with E-state index in [0.29, 0.717) is 22.6 Å². The Morgan fingerprint density at radius 2 is 2.33 bits per heavy atom. The van der Waals surface area contributed by atoms with Gasteiger partial charge in [0.25, 0.3) is 5.24 Å². The minimum atomic E-state index is -0.576. The summed E-state index contributed by atoms with van der Waals surface area (Å²) in [6.45, 7) is 1.64. The first-order valence-electron chi connectivity index (χ1n) is 4.26. The van der Waals surface area contributed by atoms with Crippen molar-refractivity contribution in [2.45, 2.75) is 6.92 Å². The summed E-state index contributed by atoms with van der Waals surface area (Å²) in [6, 6.07) is 3.54. The van der Waals surface area contributed by atoms with E-state index < -0.39 is 5.24 Å². The zero-order chi connectivity index (χ0) is 10.8. The molecule has 0 N–H and O–H groups in total. The number of hydrogen-bond acceptors (Lipinski definition) is 4. The maximum absolute atomic E-state index is 11.2. The number of aryl methyl sites for hydroxylation is 1. The van der Waals surface area contributed by atoms with Crippen molar-refractivity contribution in [1.29, 1.82) is 0 Å². The molecule has 4 nitrogen and oxygen atoms in total. The Hall–Kier alpha value is -1.68. The molecule has 0 radical (unpaired) electrons. The number of halogens is 1. The number of rotatable bonds is 2. The van der Waals surface area contributed by atoms with E-state index in [-0.39, 0.29) is 0 Å². The largest absolute Gasteiger partial charge is 0.360 e. The number of aromatic nitrogens is 2. The third-order valence-electron chi connectivity index (χ3n) is 1.99. The van der Waals surface area contributed by atoms with Crippen LogP contribution in [0.5, 0.6) is 0 Å². The van der Waals surface area contributed by atoms with Crippen LogP contribution in [0.15, 0.2) is 29.0 Å². The molecule has 15 heavy (non-hydrogen) atoms. The van der Waals surface area contributed by atoms with E-state index in [4.69, 9.17) is 16.1 Å². The van der Waals surface area contributed by atoms with Crippen LogP contribution in [0.4, 0.5) is 0 Å². The molecule has 0 saturated carbocycles. The molecule has 0 aromatic carbocycles. The van der Waals surface area contributed by atoms with E-state index in [1.165, 1.54) is 0 Å². The number of pyridine rings is 1. The molecule has 5 heteroatoms. The zero-order valence-corrected chi connectivity index (χ0v) is 8.65. The van der Waals surface area contributed by atoms with Crippen LogP contribution in [0, 0.1) is 6.92 Å². The fourth-order valence-electron chi connectivity index (χ4n) is 1.30. The molecule has 76 valence electrons. The third kappa shape index (κ3) is 1.76. The van der Waals surface area contributed by atoms with Crippen LogP contribution in [0.2, 0.25) is 0 Å². The Balaban J connectivity index is 2.59. The van der Waals surface area contributed by atoms with E-state index in [1.807, 2.05) is 0 Å². The Bertz CT molecular complexity index is 493. The Labute approximate surface area is 90.9 Å². The SMILES string of the molecule is Cc1onc(-c2cccnc2)c1C(=O)Cl.